The molecule has 0 nitrogen and oxygen atoms in total. The lowest BCUT2D eigenvalue weighted by atomic mass is 10.1. The molecule has 16 heavy (non-hydrogen) atoms. The number of allylic oxidation sites excluding steroid dienone is 3. The molecule has 0 aromatic rings. The van der Waals surface area contributed by atoms with Crippen LogP contribution in [0.3, 0.4) is 0 Å². The summed E-state index contributed by atoms with van der Waals surface area (Å²) in [6.45, 7) is 8.30. The van der Waals surface area contributed by atoms with Crippen molar-refractivity contribution in [2.24, 2.45) is 0 Å². The Morgan fingerprint density at radius 1 is 0.938 bits per heavy atom. The van der Waals surface area contributed by atoms with Crippen molar-refractivity contribution < 1.29 is 0 Å². The smallest absolute Gasteiger partial charge is 0.0323 e. The zero-order valence-electron chi connectivity index (χ0n) is 11.4. The maximum Gasteiger partial charge on any atom is -0.0323 e. The van der Waals surface area contributed by atoms with Crippen molar-refractivity contribution in [2.45, 2.75) is 78.1 Å². The summed E-state index contributed by atoms with van der Waals surface area (Å²) < 4.78 is 0. The third kappa shape index (κ3) is 11.6. The summed E-state index contributed by atoms with van der Waals surface area (Å²) in [5.74, 6) is 0. The topological polar surface area (TPSA) is 0 Å². The molecular weight excluding hydrogens is 192 g/mol. The van der Waals surface area contributed by atoms with Crippen LogP contribution in [0.15, 0.2) is 24.3 Å². The predicted molar refractivity (Wildman–Crippen MR) is 75.8 cm³/mol. The van der Waals surface area contributed by atoms with Crippen molar-refractivity contribution in [1.29, 1.82) is 0 Å². The lowest BCUT2D eigenvalue weighted by Crippen LogP contribution is -1.81. The van der Waals surface area contributed by atoms with Gasteiger partial charge in [0.15, 0.2) is 0 Å². The first kappa shape index (κ1) is 15.5. The second-order valence-electron chi connectivity index (χ2n) is 4.79. The van der Waals surface area contributed by atoms with Crippen LogP contribution in [-0.4, -0.2) is 0 Å². The van der Waals surface area contributed by atoms with Crippen molar-refractivity contribution >= 4 is 0 Å². The summed E-state index contributed by atoms with van der Waals surface area (Å²) in [6.07, 6.45) is 17.8. The summed E-state index contributed by atoms with van der Waals surface area (Å²) in [5.41, 5.74) is 1.59. The van der Waals surface area contributed by atoms with E-state index in [2.05, 4.69) is 26.5 Å². The van der Waals surface area contributed by atoms with Gasteiger partial charge in [-0.1, -0.05) is 50.3 Å². The zero-order chi connectivity index (χ0) is 12.1. The fourth-order valence-electron chi connectivity index (χ4n) is 1.89. The van der Waals surface area contributed by atoms with Crippen molar-refractivity contribution in [1.82, 2.24) is 0 Å². The van der Waals surface area contributed by atoms with E-state index in [0.717, 1.165) is 0 Å². The van der Waals surface area contributed by atoms with E-state index < -0.39 is 0 Å². The molecule has 0 bridgehead atoms. The van der Waals surface area contributed by atoms with Crippen molar-refractivity contribution in [3.63, 3.8) is 0 Å². The molecule has 0 fully saturated rings. The highest BCUT2D eigenvalue weighted by atomic mass is 14.0. The molecule has 0 unspecified atom stereocenters. The molecule has 0 radical (unpaired) electrons. The lowest BCUT2D eigenvalue weighted by molar-refractivity contribution is 0.664. The fraction of sp³-hybridized carbons (Fsp3) is 0.750. The highest BCUT2D eigenvalue weighted by molar-refractivity contribution is 4.97. The molecule has 0 aliphatic heterocycles. The maximum absolute atomic E-state index is 3.75. The Bertz CT molecular complexity index is 176. The Morgan fingerprint density at radius 3 is 2.31 bits per heavy atom. The molecule has 0 saturated heterocycles. The Morgan fingerprint density at radius 2 is 1.62 bits per heavy atom. The van der Waals surface area contributed by atoms with Crippen LogP contribution in [0, 0.1) is 0 Å². The van der Waals surface area contributed by atoms with Gasteiger partial charge in [0.05, 0.1) is 0 Å². The monoisotopic (exact) mass is 222 g/mol. The van der Waals surface area contributed by atoms with Crippen LogP contribution in [0.5, 0.6) is 0 Å². The van der Waals surface area contributed by atoms with Crippen LogP contribution in [0.2, 0.25) is 0 Å². The highest BCUT2D eigenvalue weighted by Crippen LogP contribution is 2.12. The van der Waals surface area contributed by atoms with E-state index in [1.807, 2.05) is 6.08 Å². The first-order chi connectivity index (χ1) is 7.81. The van der Waals surface area contributed by atoms with Crippen LogP contribution >= 0.6 is 0 Å². The highest BCUT2D eigenvalue weighted by Gasteiger charge is 1.92. The van der Waals surface area contributed by atoms with Gasteiger partial charge in [-0.15, -0.1) is 6.58 Å². The third-order valence-electron chi connectivity index (χ3n) is 3.03. The first-order valence-corrected chi connectivity index (χ1v) is 7.07. The molecule has 0 aliphatic carbocycles. The van der Waals surface area contributed by atoms with Gasteiger partial charge in [-0.05, 0) is 45.4 Å². The van der Waals surface area contributed by atoms with Crippen LogP contribution in [0.1, 0.15) is 78.1 Å². The molecular formula is C16H30. The summed E-state index contributed by atoms with van der Waals surface area (Å²) in [4.78, 5) is 0. The van der Waals surface area contributed by atoms with Gasteiger partial charge in [-0.2, -0.15) is 0 Å². The minimum absolute atomic E-state index is 1.18. The molecule has 0 spiro atoms. The molecule has 0 heteroatoms. The second-order valence-corrected chi connectivity index (χ2v) is 4.79. The Balaban J connectivity index is 3.30. The van der Waals surface area contributed by atoms with Gasteiger partial charge >= 0.3 is 0 Å². The van der Waals surface area contributed by atoms with Gasteiger partial charge in [-0.3, -0.25) is 0 Å². The Labute approximate surface area is 103 Å². The van der Waals surface area contributed by atoms with Gasteiger partial charge < -0.3 is 0 Å². The van der Waals surface area contributed by atoms with E-state index >= 15 is 0 Å². The number of hydrogen-bond acceptors (Lipinski definition) is 0. The van der Waals surface area contributed by atoms with Gasteiger partial charge in [0.25, 0.3) is 0 Å². The summed E-state index contributed by atoms with van der Waals surface area (Å²) in [7, 11) is 0. The third-order valence-corrected chi connectivity index (χ3v) is 3.03. The minimum atomic E-state index is 1.18. The molecule has 0 heterocycles. The van der Waals surface area contributed by atoms with Gasteiger partial charge in [-0.25, -0.2) is 0 Å². The minimum Gasteiger partial charge on any atom is -0.103 e. The van der Waals surface area contributed by atoms with Crippen molar-refractivity contribution in [2.75, 3.05) is 0 Å². The summed E-state index contributed by atoms with van der Waals surface area (Å²) in [5, 5.41) is 0. The van der Waals surface area contributed by atoms with Crippen LogP contribution < -0.4 is 0 Å². The zero-order valence-corrected chi connectivity index (χ0v) is 11.4. The van der Waals surface area contributed by atoms with E-state index in [4.69, 9.17) is 0 Å². The number of hydrogen-bond donors (Lipinski definition) is 0. The molecule has 0 N–H and O–H groups in total. The van der Waals surface area contributed by atoms with Gasteiger partial charge in [0, 0.05) is 0 Å². The molecule has 0 aliphatic rings. The molecule has 0 rings (SSSR count). The van der Waals surface area contributed by atoms with E-state index in [9.17, 15) is 0 Å². The van der Waals surface area contributed by atoms with Crippen LogP contribution in [0.4, 0.5) is 0 Å². The quantitative estimate of drug-likeness (QED) is 0.295. The van der Waals surface area contributed by atoms with Crippen LogP contribution in [0.25, 0.3) is 0 Å². The van der Waals surface area contributed by atoms with Crippen molar-refractivity contribution in [3.8, 4) is 0 Å². The molecule has 0 amide bonds. The Hall–Kier alpha value is -0.520. The van der Waals surface area contributed by atoms with Crippen LogP contribution in [-0.2, 0) is 0 Å². The molecule has 0 atom stereocenters. The largest absolute Gasteiger partial charge is 0.103 e. The SMILES string of the molecule is C=CCCCCCC(C)=CCCCCCC. The molecule has 0 saturated carbocycles. The number of rotatable bonds is 11. The number of unbranched alkanes of at least 4 members (excludes halogenated alkanes) is 7. The molecule has 0 aromatic carbocycles. The average molecular weight is 222 g/mol. The maximum atomic E-state index is 3.75. The van der Waals surface area contributed by atoms with Crippen molar-refractivity contribution in [3.05, 3.63) is 24.3 Å². The molecule has 94 valence electrons. The predicted octanol–water partition coefficient (Wildman–Crippen LogP) is 6.04. The van der Waals surface area contributed by atoms with Gasteiger partial charge in [0.2, 0.25) is 0 Å². The lowest BCUT2D eigenvalue weighted by Gasteiger charge is -2.01. The first-order valence-electron chi connectivity index (χ1n) is 7.07. The summed E-state index contributed by atoms with van der Waals surface area (Å²) >= 11 is 0. The van der Waals surface area contributed by atoms with E-state index in [-0.39, 0.29) is 0 Å². The van der Waals surface area contributed by atoms with Gasteiger partial charge in [0.1, 0.15) is 0 Å². The standard InChI is InChI=1S/C16H30/c1-4-6-8-10-12-14-16(3)15-13-11-9-7-5-2/h4,15H,1,5-14H2,2-3H3. The molecule has 0 aromatic heterocycles. The van der Waals surface area contributed by atoms with E-state index in [1.54, 1.807) is 5.57 Å². The van der Waals surface area contributed by atoms with E-state index in [0.29, 0.717) is 0 Å². The summed E-state index contributed by atoms with van der Waals surface area (Å²) in [6, 6.07) is 0. The second kappa shape index (κ2) is 12.5. The fourth-order valence-corrected chi connectivity index (χ4v) is 1.89. The normalized spacial score (nSPS) is 11.8. The average Bonchev–Trinajstić information content (AvgIpc) is 2.28. The van der Waals surface area contributed by atoms with E-state index in [1.165, 1.54) is 64.2 Å². The Kier molecular flexibility index (Phi) is 12.1.